The molecule has 2 saturated heterocycles. The van der Waals surface area contributed by atoms with Crippen molar-refractivity contribution in [1.29, 1.82) is 0 Å². The van der Waals surface area contributed by atoms with Gasteiger partial charge in [-0.2, -0.15) is 0 Å². The first-order valence-corrected chi connectivity index (χ1v) is 9.80. The highest BCUT2D eigenvalue weighted by molar-refractivity contribution is 9.10. The zero-order chi connectivity index (χ0) is 17.9. The maximum Gasteiger partial charge on any atom is 0.231 e. The predicted octanol–water partition coefficient (Wildman–Crippen LogP) is 2.13. The van der Waals surface area contributed by atoms with Gasteiger partial charge in [0.1, 0.15) is 6.10 Å². The average Bonchev–Trinajstić information content (AvgIpc) is 3.34. The van der Waals surface area contributed by atoms with Crippen LogP contribution in [0.5, 0.6) is 11.5 Å². The first-order valence-electron chi connectivity index (χ1n) is 9.01. The summed E-state index contributed by atoms with van der Waals surface area (Å²) in [5, 5.41) is 3.45. The average molecular weight is 426 g/mol. The number of hydrogen-bond acceptors (Lipinski definition) is 5. The second-order valence-corrected chi connectivity index (χ2v) is 7.47. The number of halogens is 1. The van der Waals surface area contributed by atoms with Gasteiger partial charge < -0.3 is 29.2 Å². The van der Waals surface area contributed by atoms with Crippen LogP contribution in [0.25, 0.3) is 0 Å². The molecule has 0 aliphatic carbocycles. The van der Waals surface area contributed by atoms with Crippen LogP contribution in [0.4, 0.5) is 0 Å². The van der Waals surface area contributed by atoms with E-state index in [9.17, 15) is 0 Å². The zero-order valence-electron chi connectivity index (χ0n) is 14.9. The molecule has 1 aromatic rings. The second kappa shape index (κ2) is 8.02. The molecule has 0 aromatic heterocycles. The van der Waals surface area contributed by atoms with Crippen LogP contribution in [-0.4, -0.2) is 63.2 Å². The van der Waals surface area contributed by atoms with E-state index in [4.69, 9.17) is 18.9 Å². The summed E-state index contributed by atoms with van der Waals surface area (Å²) < 4.78 is 23.6. The highest BCUT2D eigenvalue weighted by Crippen LogP contribution is 2.39. The van der Waals surface area contributed by atoms with Crippen molar-refractivity contribution < 1.29 is 18.9 Å². The molecule has 0 amide bonds. The minimum atomic E-state index is 0.115. The van der Waals surface area contributed by atoms with Gasteiger partial charge in [-0.15, -0.1) is 0 Å². The molecule has 3 aliphatic heterocycles. The van der Waals surface area contributed by atoms with Crippen molar-refractivity contribution in [2.24, 2.45) is 4.99 Å². The normalized spacial score (nSPS) is 25.6. The monoisotopic (exact) mass is 425 g/mol. The van der Waals surface area contributed by atoms with Gasteiger partial charge in [0.15, 0.2) is 17.5 Å². The number of rotatable bonds is 3. The molecule has 2 unspecified atom stereocenters. The Kier molecular flexibility index (Phi) is 5.52. The van der Waals surface area contributed by atoms with E-state index in [1.165, 1.54) is 0 Å². The lowest BCUT2D eigenvalue weighted by atomic mass is 10.1. The van der Waals surface area contributed by atoms with E-state index in [-0.39, 0.29) is 19.0 Å². The SMILES string of the molecule is CN=C(NCc1cc(Br)c2c(c1)OCO2)N1CCOC(C2CCCO2)C1. The third-order valence-electron chi connectivity index (χ3n) is 4.92. The first-order chi connectivity index (χ1) is 12.7. The number of morpholine rings is 1. The Hall–Kier alpha value is -1.51. The van der Waals surface area contributed by atoms with Crippen molar-refractivity contribution in [2.45, 2.75) is 31.6 Å². The van der Waals surface area contributed by atoms with E-state index in [0.717, 1.165) is 60.0 Å². The molecular formula is C18H24BrN3O4. The Bertz CT molecular complexity index is 679. The molecule has 0 bridgehead atoms. The third-order valence-corrected chi connectivity index (χ3v) is 5.51. The third kappa shape index (κ3) is 3.77. The summed E-state index contributed by atoms with van der Waals surface area (Å²) in [4.78, 5) is 6.70. The van der Waals surface area contributed by atoms with Crippen molar-refractivity contribution >= 4 is 21.9 Å². The molecule has 142 valence electrons. The van der Waals surface area contributed by atoms with Crippen molar-refractivity contribution in [3.63, 3.8) is 0 Å². The van der Waals surface area contributed by atoms with Crippen molar-refractivity contribution in [2.75, 3.05) is 40.1 Å². The standard InChI is InChI=1S/C18H24BrN3O4/c1-20-18(22-4-6-24-16(10-22)14-3-2-5-23-14)21-9-12-7-13(19)17-15(8-12)25-11-26-17/h7-8,14,16H,2-6,9-11H2,1H3,(H,20,21). The van der Waals surface area contributed by atoms with Crippen LogP contribution in [-0.2, 0) is 16.0 Å². The van der Waals surface area contributed by atoms with Gasteiger partial charge in [-0.05, 0) is 46.5 Å². The van der Waals surface area contributed by atoms with E-state index in [1.807, 2.05) is 19.2 Å². The molecule has 3 heterocycles. The van der Waals surface area contributed by atoms with Gasteiger partial charge in [0.25, 0.3) is 0 Å². The maximum atomic E-state index is 5.93. The summed E-state index contributed by atoms with van der Waals surface area (Å²) in [6.45, 7) is 4.09. The van der Waals surface area contributed by atoms with Crippen LogP contribution in [0.1, 0.15) is 18.4 Å². The summed E-state index contributed by atoms with van der Waals surface area (Å²) in [6.07, 6.45) is 2.52. The Morgan fingerprint density at radius 2 is 2.15 bits per heavy atom. The maximum absolute atomic E-state index is 5.93. The molecule has 0 radical (unpaired) electrons. The second-order valence-electron chi connectivity index (χ2n) is 6.62. The Labute approximate surface area is 161 Å². The Morgan fingerprint density at radius 1 is 1.27 bits per heavy atom. The first kappa shape index (κ1) is 17.9. The Morgan fingerprint density at radius 3 is 2.96 bits per heavy atom. The quantitative estimate of drug-likeness (QED) is 0.591. The number of nitrogens with one attached hydrogen (secondary N) is 1. The lowest BCUT2D eigenvalue weighted by Crippen LogP contribution is -2.53. The van der Waals surface area contributed by atoms with E-state index >= 15 is 0 Å². The number of nitrogens with zero attached hydrogens (tertiary/aromatic N) is 2. The van der Waals surface area contributed by atoms with Gasteiger partial charge in [-0.3, -0.25) is 4.99 Å². The molecular weight excluding hydrogens is 402 g/mol. The van der Waals surface area contributed by atoms with E-state index in [1.54, 1.807) is 0 Å². The van der Waals surface area contributed by atoms with Gasteiger partial charge in [0, 0.05) is 33.3 Å². The van der Waals surface area contributed by atoms with Gasteiger partial charge in [0.2, 0.25) is 6.79 Å². The smallest absolute Gasteiger partial charge is 0.231 e. The molecule has 0 saturated carbocycles. The van der Waals surface area contributed by atoms with Crippen LogP contribution < -0.4 is 14.8 Å². The summed E-state index contributed by atoms with van der Waals surface area (Å²) in [5.74, 6) is 2.42. The fourth-order valence-electron chi connectivity index (χ4n) is 3.62. The number of aliphatic imine (C=N–C) groups is 1. The number of hydrogen-bond donors (Lipinski definition) is 1. The summed E-state index contributed by atoms with van der Waals surface area (Å²) in [6, 6.07) is 4.05. The van der Waals surface area contributed by atoms with Crippen LogP contribution in [0.3, 0.4) is 0 Å². The van der Waals surface area contributed by atoms with E-state index < -0.39 is 0 Å². The van der Waals surface area contributed by atoms with Crippen molar-refractivity contribution in [3.05, 3.63) is 22.2 Å². The largest absolute Gasteiger partial charge is 0.454 e. The summed E-state index contributed by atoms with van der Waals surface area (Å²) in [5.41, 5.74) is 1.10. The van der Waals surface area contributed by atoms with Gasteiger partial charge in [-0.1, -0.05) is 0 Å². The lowest BCUT2D eigenvalue weighted by Gasteiger charge is -2.37. The summed E-state index contributed by atoms with van der Waals surface area (Å²) in [7, 11) is 1.81. The summed E-state index contributed by atoms with van der Waals surface area (Å²) >= 11 is 3.54. The molecule has 2 fully saturated rings. The molecule has 26 heavy (non-hydrogen) atoms. The topological polar surface area (TPSA) is 64.6 Å². The van der Waals surface area contributed by atoms with Crippen molar-refractivity contribution in [3.8, 4) is 11.5 Å². The zero-order valence-corrected chi connectivity index (χ0v) is 16.5. The van der Waals surface area contributed by atoms with Gasteiger partial charge >= 0.3 is 0 Å². The predicted molar refractivity (Wildman–Crippen MR) is 101 cm³/mol. The van der Waals surface area contributed by atoms with E-state index in [2.05, 4.69) is 31.1 Å². The van der Waals surface area contributed by atoms with Gasteiger partial charge in [0.05, 0.1) is 17.2 Å². The minimum absolute atomic E-state index is 0.115. The number of fused-ring (bicyclic) bond motifs is 1. The van der Waals surface area contributed by atoms with Crippen LogP contribution in [0.15, 0.2) is 21.6 Å². The number of guanidine groups is 1. The molecule has 7 nitrogen and oxygen atoms in total. The Balaban J connectivity index is 1.38. The van der Waals surface area contributed by atoms with Crippen molar-refractivity contribution in [1.82, 2.24) is 10.2 Å². The fourth-order valence-corrected chi connectivity index (χ4v) is 4.23. The molecule has 4 rings (SSSR count). The number of benzene rings is 1. The highest BCUT2D eigenvalue weighted by Gasteiger charge is 2.32. The molecule has 8 heteroatoms. The van der Waals surface area contributed by atoms with Crippen LogP contribution in [0, 0.1) is 0 Å². The van der Waals surface area contributed by atoms with Gasteiger partial charge in [-0.25, -0.2) is 0 Å². The molecule has 3 aliphatic rings. The van der Waals surface area contributed by atoms with Crippen LogP contribution in [0.2, 0.25) is 0 Å². The molecule has 1 aromatic carbocycles. The lowest BCUT2D eigenvalue weighted by molar-refractivity contribution is -0.0817. The minimum Gasteiger partial charge on any atom is -0.454 e. The molecule has 0 spiro atoms. The van der Waals surface area contributed by atoms with E-state index in [0.29, 0.717) is 13.2 Å². The molecule has 2 atom stereocenters. The molecule has 1 N–H and O–H groups in total. The fraction of sp³-hybridized carbons (Fsp3) is 0.611. The highest BCUT2D eigenvalue weighted by atomic mass is 79.9. The number of ether oxygens (including phenoxy) is 4. The van der Waals surface area contributed by atoms with Crippen LogP contribution >= 0.6 is 15.9 Å².